The summed E-state index contributed by atoms with van der Waals surface area (Å²) in [5, 5.41) is 3.17. The lowest BCUT2D eigenvalue weighted by Gasteiger charge is -2.23. The van der Waals surface area contributed by atoms with Crippen LogP contribution >= 0.6 is 0 Å². The highest BCUT2D eigenvalue weighted by Gasteiger charge is 2.31. The third kappa shape index (κ3) is 3.10. The first-order valence-corrected chi connectivity index (χ1v) is 6.41. The minimum atomic E-state index is -0.884. The van der Waals surface area contributed by atoms with Gasteiger partial charge >= 0.3 is 0 Å². The number of likely N-dealkylation sites (N-methyl/N-ethyl adjacent to an activating group) is 1. The van der Waals surface area contributed by atoms with Crippen molar-refractivity contribution >= 4 is 5.91 Å². The Balaban J connectivity index is 2.01. The molecule has 0 spiro atoms. The third-order valence-electron chi connectivity index (χ3n) is 3.58. The molecule has 104 valence electrons. The molecule has 2 unspecified atom stereocenters. The van der Waals surface area contributed by atoms with Crippen LogP contribution in [0, 0.1) is 17.6 Å². The Morgan fingerprint density at radius 1 is 1.42 bits per heavy atom. The topological polar surface area (TPSA) is 32.3 Å². The first-order chi connectivity index (χ1) is 8.99. The van der Waals surface area contributed by atoms with E-state index >= 15 is 0 Å². The van der Waals surface area contributed by atoms with Gasteiger partial charge in [0.2, 0.25) is 5.91 Å². The van der Waals surface area contributed by atoms with Gasteiger partial charge in [0.05, 0.1) is 6.04 Å². The van der Waals surface area contributed by atoms with Crippen LogP contribution in [0.3, 0.4) is 0 Å². The molecule has 1 aliphatic heterocycles. The van der Waals surface area contributed by atoms with Gasteiger partial charge in [0.25, 0.3) is 0 Å². The predicted octanol–water partition coefficient (Wildman–Crippen LogP) is 1.92. The fraction of sp³-hybridized carbons (Fsp3) is 0.500. The Labute approximate surface area is 111 Å². The Morgan fingerprint density at radius 2 is 2.16 bits per heavy atom. The van der Waals surface area contributed by atoms with E-state index in [0.29, 0.717) is 11.5 Å². The Kier molecular flexibility index (Phi) is 4.14. The van der Waals surface area contributed by atoms with Gasteiger partial charge in [0.15, 0.2) is 11.6 Å². The first kappa shape index (κ1) is 13.9. The molecule has 1 aromatic rings. The van der Waals surface area contributed by atoms with Crippen LogP contribution in [0.15, 0.2) is 18.2 Å². The maximum atomic E-state index is 13.1. The number of amides is 1. The molecule has 2 rings (SSSR count). The van der Waals surface area contributed by atoms with Crippen molar-refractivity contribution in [2.24, 2.45) is 5.92 Å². The van der Waals surface area contributed by atoms with Gasteiger partial charge in [-0.2, -0.15) is 0 Å². The van der Waals surface area contributed by atoms with E-state index in [4.69, 9.17) is 0 Å². The van der Waals surface area contributed by atoms with Crippen LogP contribution in [0.4, 0.5) is 8.78 Å². The van der Waals surface area contributed by atoms with Crippen LogP contribution in [0.2, 0.25) is 0 Å². The maximum Gasteiger partial charge on any atom is 0.240 e. The normalized spacial score (nSPS) is 22.5. The van der Waals surface area contributed by atoms with Crippen LogP contribution in [0.25, 0.3) is 0 Å². The van der Waals surface area contributed by atoms with Crippen molar-refractivity contribution in [2.75, 3.05) is 13.6 Å². The molecular weight excluding hydrogens is 250 g/mol. The van der Waals surface area contributed by atoms with Crippen LogP contribution in [-0.2, 0) is 11.3 Å². The van der Waals surface area contributed by atoms with E-state index in [2.05, 4.69) is 5.32 Å². The molecule has 19 heavy (non-hydrogen) atoms. The lowest BCUT2D eigenvalue weighted by Crippen LogP contribution is -2.43. The van der Waals surface area contributed by atoms with E-state index in [1.165, 1.54) is 6.07 Å². The molecule has 0 saturated carbocycles. The number of rotatable bonds is 3. The summed E-state index contributed by atoms with van der Waals surface area (Å²) in [7, 11) is 1.68. The highest BCUT2D eigenvalue weighted by Crippen LogP contribution is 2.17. The number of hydrogen-bond donors (Lipinski definition) is 1. The molecule has 3 nitrogen and oxygen atoms in total. The average molecular weight is 268 g/mol. The van der Waals surface area contributed by atoms with Gasteiger partial charge in [-0.15, -0.1) is 0 Å². The summed E-state index contributed by atoms with van der Waals surface area (Å²) < 4.78 is 25.9. The molecule has 1 heterocycles. The predicted molar refractivity (Wildman–Crippen MR) is 68.4 cm³/mol. The van der Waals surface area contributed by atoms with Crippen LogP contribution in [-0.4, -0.2) is 30.4 Å². The SMILES string of the molecule is CC1CCNC1C(=O)N(C)Cc1ccc(F)c(F)c1. The van der Waals surface area contributed by atoms with Gasteiger partial charge in [-0.25, -0.2) is 8.78 Å². The standard InChI is InChI=1S/C14H18F2N2O/c1-9-5-6-17-13(9)14(19)18(2)8-10-3-4-11(15)12(16)7-10/h3-4,7,9,13,17H,5-6,8H2,1-2H3. The van der Waals surface area contributed by atoms with Crippen molar-refractivity contribution in [3.8, 4) is 0 Å². The van der Waals surface area contributed by atoms with E-state index in [1.54, 1.807) is 11.9 Å². The Hall–Kier alpha value is -1.49. The molecule has 1 fully saturated rings. The Morgan fingerprint density at radius 3 is 2.74 bits per heavy atom. The Bertz CT molecular complexity index is 479. The van der Waals surface area contributed by atoms with Gasteiger partial charge in [-0.1, -0.05) is 13.0 Å². The second-order valence-electron chi connectivity index (χ2n) is 5.14. The third-order valence-corrected chi connectivity index (χ3v) is 3.58. The summed E-state index contributed by atoms with van der Waals surface area (Å²) >= 11 is 0. The van der Waals surface area contributed by atoms with Gasteiger partial charge in [-0.05, 0) is 36.6 Å². The van der Waals surface area contributed by atoms with Gasteiger partial charge in [0, 0.05) is 13.6 Å². The molecule has 5 heteroatoms. The van der Waals surface area contributed by atoms with Crippen LogP contribution in [0.5, 0.6) is 0 Å². The number of halogens is 2. The molecule has 1 saturated heterocycles. The molecule has 1 aromatic carbocycles. The maximum absolute atomic E-state index is 13.1. The summed E-state index contributed by atoms with van der Waals surface area (Å²) in [6, 6.07) is 3.54. The van der Waals surface area contributed by atoms with Gasteiger partial charge < -0.3 is 10.2 Å². The number of carbonyl (C=O) groups excluding carboxylic acids is 1. The fourth-order valence-corrected chi connectivity index (χ4v) is 2.39. The van der Waals surface area contributed by atoms with Crippen LogP contribution < -0.4 is 5.32 Å². The molecule has 0 bridgehead atoms. The van der Waals surface area contributed by atoms with Gasteiger partial charge in [-0.3, -0.25) is 4.79 Å². The van der Waals surface area contributed by atoms with Crippen molar-refractivity contribution in [1.82, 2.24) is 10.2 Å². The molecule has 0 radical (unpaired) electrons. The minimum absolute atomic E-state index is 0.00488. The van der Waals surface area contributed by atoms with E-state index in [0.717, 1.165) is 25.1 Å². The molecule has 1 aliphatic rings. The number of benzene rings is 1. The molecular formula is C14H18F2N2O. The molecule has 0 aromatic heterocycles. The number of hydrogen-bond acceptors (Lipinski definition) is 2. The summed E-state index contributed by atoms with van der Waals surface area (Å²) in [5.74, 6) is -1.45. The zero-order valence-corrected chi connectivity index (χ0v) is 11.1. The minimum Gasteiger partial charge on any atom is -0.340 e. The molecule has 0 aliphatic carbocycles. The summed E-state index contributed by atoms with van der Waals surface area (Å²) in [6.07, 6.45) is 0.982. The zero-order chi connectivity index (χ0) is 14.0. The largest absolute Gasteiger partial charge is 0.340 e. The van der Waals surface area contributed by atoms with Gasteiger partial charge in [0.1, 0.15) is 0 Å². The van der Waals surface area contributed by atoms with E-state index in [1.807, 2.05) is 6.92 Å². The lowest BCUT2D eigenvalue weighted by molar-refractivity contribution is -0.133. The quantitative estimate of drug-likeness (QED) is 0.908. The van der Waals surface area contributed by atoms with Crippen molar-refractivity contribution in [3.05, 3.63) is 35.4 Å². The lowest BCUT2D eigenvalue weighted by atomic mass is 10.0. The zero-order valence-electron chi connectivity index (χ0n) is 11.1. The number of carbonyl (C=O) groups is 1. The first-order valence-electron chi connectivity index (χ1n) is 6.41. The van der Waals surface area contributed by atoms with Crippen molar-refractivity contribution in [3.63, 3.8) is 0 Å². The smallest absolute Gasteiger partial charge is 0.240 e. The van der Waals surface area contributed by atoms with E-state index in [9.17, 15) is 13.6 Å². The monoisotopic (exact) mass is 268 g/mol. The number of nitrogens with zero attached hydrogens (tertiary/aromatic N) is 1. The molecule has 1 N–H and O–H groups in total. The van der Waals surface area contributed by atoms with E-state index < -0.39 is 11.6 Å². The summed E-state index contributed by atoms with van der Waals surface area (Å²) in [5.41, 5.74) is 0.584. The fourth-order valence-electron chi connectivity index (χ4n) is 2.39. The van der Waals surface area contributed by atoms with Crippen molar-refractivity contribution < 1.29 is 13.6 Å². The molecule has 2 atom stereocenters. The van der Waals surface area contributed by atoms with E-state index in [-0.39, 0.29) is 18.5 Å². The van der Waals surface area contributed by atoms with Crippen molar-refractivity contribution in [2.45, 2.75) is 25.9 Å². The second-order valence-corrected chi connectivity index (χ2v) is 5.14. The summed E-state index contributed by atoms with van der Waals surface area (Å²) in [4.78, 5) is 13.8. The number of nitrogens with one attached hydrogen (secondary N) is 1. The average Bonchev–Trinajstić information content (AvgIpc) is 2.79. The summed E-state index contributed by atoms with van der Waals surface area (Å²) in [6.45, 7) is 3.16. The highest BCUT2D eigenvalue weighted by molar-refractivity contribution is 5.82. The van der Waals surface area contributed by atoms with Crippen molar-refractivity contribution in [1.29, 1.82) is 0 Å². The molecule has 1 amide bonds. The highest BCUT2D eigenvalue weighted by atomic mass is 19.2. The van der Waals surface area contributed by atoms with Crippen LogP contribution in [0.1, 0.15) is 18.9 Å². The second kappa shape index (κ2) is 5.65.